The first-order chi connectivity index (χ1) is 10.7. The Bertz CT molecular complexity index is 642. The SMILES string of the molecule is O=C(CSCc1ccccc1)N/N=C\c1c(Cl)cccc1Cl. The average Bonchev–Trinajstić information content (AvgIpc) is 2.51. The van der Waals surface area contributed by atoms with Gasteiger partial charge in [-0.3, -0.25) is 4.79 Å². The second kappa shape index (κ2) is 8.83. The van der Waals surface area contributed by atoms with E-state index in [1.54, 1.807) is 18.2 Å². The number of benzene rings is 2. The Labute approximate surface area is 143 Å². The van der Waals surface area contributed by atoms with Crippen molar-refractivity contribution >= 4 is 47.1 Å². The molecule has 22 heavy (non-hydrogen) atoms. The lowest BCUT2D eigenvalue weighted by molar-refractivity contribution is -0.118. The molecule has 1 N–H and O–H groups in total. The lowest BCUT2D eigenvalue weighted by Gasteiger charge is -2.02. The van der Waals surface area contributed by atoms with E-state index in [9.17, 15) is 4.79 Å². The van der Waals surface area contributed by atoms with Crippen LogP contribution >= 0.6 is 35.0 Å². The fraction of sp³-hybridized carbons (Fsp3) is 0.125. The number of hydrogen-bond acceptors (Lipinski definition) is 3. The van der Waals surface area contributed by atoms with E-state index in [4.69, 9.17) is 23.2 Å². The van der Waals surface area contributed by atoms with E-state index in [1.807, 2.05) is 30.3 Å². The Balaban J connectivity index is 1.77. The molecular weight excluding hydrogens is 339 g/mol. The maximum absolute atomic E-state index is 11.7. The van der Waals surface area contributed by atoms with Crippen LogP contribution in [0.3, 0.4) is 0 Å². The van der Waals surface area contributed by atoms with Gasteiger partial charge in [0.2, 0.25) is 5.91 Å². The van der Waals surface area contributed by atoms with E-state index in [0.29, 0.717) is 21.4 Å². The van der Waals surface area contributed by atoms with Crippen LogP contribution in [-0.2, 0) is 10.5 Å². The summed E-state index contributed by atoms with van der Waals surface area (Å²) in [4.78, 5) is 11.7. The fourth-order valence-corrected chi connectivity index (χ4v) is 2.95. The normalized spacial score (nSPS) is 10.8. The maximum Gasteiger partial charge on any atom is 0.250 e. The van der Waals surface area contributed by atoms with Crippen molar-refractivity contribution in [3.05, 3.63) is 69.7 Å². The minimum atomic E-state index is -0.166. The number of nitrogens with zero attached hydrogens (tertiary/aromatic N) is 1. The van der Waals surface area contributed by atoms with Crippen molar-refractivity contribution in [2.24, 2.45) is 5.10 Å². The largest absolute Gasteiger partial charge is 0.272 e. The Morgan fingerprint density at radius 2 is 1.77 bits per heavy atom. The van der Waals surface area contributed by atoms with Crippen molar-refractivity contribution in [3.8, 4) is 0 Å². The van der Waals surface area contributed by atoms with Crippen molar-refractivity contribution in [1.82, 2.24) is 5.43 Å². The number of rotatable bonds is 6. The number of amides is 1. The molecule has 0 bridgehead atoms. The van der Waals surface area contributed by atoms with E-state index in [-0.39, 0.29) is 5.91 Å². The van der Waals surface area contributed by atoms with Gasteiger partial charge in [-0.15, -0.1) is 11.8 Å². The summed E-state index contributed by atoms with van der Waals surface area (Å²) in [6.07, 6.45) is 1.45. The molecule has 0 aliphatic rings. The quantitative estimate of drug-likeness (QED) is 0.619. The van der Waals surface area contributed by atoms with Crippen LogP contribution in [0.25, 0.3) is 0 Å². The number of halogens is 2. The third-order valence-electron chi connectivity index (χ3n) is 2.73. The highest BCUT2D eigenvalue weighted by molar-refractivity contribution is 7.99. The zero-order chi connectivity index (χ0) is 15.8. The fourth-order valence-electron chi connectivity index (χ4n) is 1.67. The van der Waals surface area contributed by atoms with Crippen molar-refractivity contribution in [1.29, 1.82) is 0 Å². The number of carbonyl (C=O) groups excluding carboxylic acids is 1. The minimum absolute atomic E-state index is 0.166. The Kier molecular flexibility index (Phi) is 6.77. The molecule has 0 unspecified atom stereocenters. The number of hydrogen-bond donors (Lipinski definition) is 1. The standard InChI is InChI=1S/C16H14Cl2N2OS/c17-14-7-4-8-15(18)13(14)9-19-20-16(21)11-22-10-12-5-2-1-3-6-12/h1-9H,10-11H2,(H,20,21)/b19-9-. The molecule has 0 saturated carbocycles. The topological polar surface area (TPSA) is 41.5 Å². The first-order valence-corrected chi connectivity index (χ1v) is 8.45. The molecule has 2 aromatic rings. The van der Waals surface area contributed by atoms with E-state index >= 15 is 0 Å². The second-order valence-corrected chi connectivity index (χ2v) is 6.21. The van der Waals surface area contributed by atoms with Crippen LogP contribution in [-0.4, -0.2) is 17.9 Å². The smallest absolute Gasteiger partial charge is 0.250 e. The van der Waals surface area contributed by atoms with Crippen molar-refractivity contribution in [3.63, 3.8) is 0 Å². The van der Waals surface area contributed by atoms with Crippen LogP contribution in [0.1, 0.15) is 11.1 Å². The van der Waals surface area contributed by atoms with Gasteiger partial charge in [-0.2, -0.15) is 5.10 Å². The zero-order valence-electron chi connectivity index (χ0n) is 11.6. The molecule has 2 rings (SSSR count). The van der Waals surface area contributed by atoms with Gasteiger partial charge in [0, 0.05) is 11.3 Å². The van der Waals surface area contributed by atoms with Gasteiger partial charge in [-0.1, -0.05) is 59.6 Å². The highest BCUT2D eigenvalue weighted by Crippen LogP contribution is 2.22. The van der Waals surface area contributed by atoms with Crippen molar-refractivity contribution in [2.45, 2.75) is 5.75 Å². The summed E-state index contributed by atoms with van der Waals surface area (Å²) in [5, 5.41) is 4.86. The summed E-state index contributed by atoms with van der Waals surface area (Å²) in [5.41, 5.74) is 4.24. The van der Waals surface area contributed by atoms with Crippen LogP contribution in [0.5, 0.6) is 0 Å². The third-order valence-corrected chi connectivity index (χ3v) is 4.39. The van der Waals surface area contributed by atoms with Crippen LogP contribution in [0.15, 0.2) is 53.6 Å². The minimum Gasteiger partial charge on any atom is -0.272 e. The molecule has 0 heterocycles. The lowest BCUT2D eigenvalue weighted by Crippen LogP contribution is -2.19. The summed E-state index contributed by atoms with van der Waals surface area (Å²) in [6.45, 7) is 0. The molecule has 0 spiro atoms. The predicted octanol–water partition coefficient (Wildman–Crippen LogP) is 4.38. The summed E-state index contributed by atoms with van der Waals surface area (Å²) in [6, 6.07) is 15.2. The van der Waals surface area contributed by atoms with Gasteiger partial charge in [-0.25, -0.2) is 5.43 Å². The van der Waals surface area contributed by atoms with E-state index < -0.39 is 0 Å². The van der Waals surface area contributed by atoms with Crippen LogP contribution in [0, 0.1) is 0 Å². The van der Waals surface area contributed by atoms with Gasteiger partial charge in [0.1, 0.15) is 0 Å². The van der Waals surface area contributed by atoms with Gasteiger partial charge in [-0.05, 0) is 17.7 Å². The second-order valence-electron chi connectivity index (χ2n) is 4.41. The first-order valence-electron chi connectivity index (χ1n) is 6.54. The third kappa shape index (κ3) is 5.37. The Morgan fingerprint density at radius 3 is 2.45 bits per heavy atom. The summed E-state index contributed by atoms with van der Waals surface area (Å²) < 4.78 is 0. The molecular formula is C16H14Cl2N2OS. The molecule has 0 saturated heterocycles. The highest BCUT2D eigenvalue weighted by Gasteiger charge is 2.03. The lowest BCUT2D eigenvalue weighted by atomic mass is 10.2. The Hall–Kier alpha value is -1.49. The predicted molar refractivity (Wildman–Crippen MR) is 94.8 cm³/mol. The van der Waals surface area contributed by atoms with Crippen LogP contribution in [0.2, 0.25) is 10.0 Å². The van der Waals surface area contributed by atoms with E-state index in [0.717, 1.165) is 5.75 Å². The molecule has 0 aliphatic carbocycles. The molecule has 114 valence electrons. The number of nitrogens with one attached hydrogen (secondary N) is 1. The summed E-state index contributed by atoms with van der Waals surface area (Å²) in [7, 11) is 0. The summed E-state index contributed by atoms with van der Waals surface area (Å²) in [5.74, 6) is 0.955. The van der Waals surface area contributed by atoms with Gasteiger partial charge in [0.05, 0.1) is 22.0 Å². The molecule has 3 nitrogen and oxygen atoms in total. The molecule has 0 radical (unpaired) electrons. The van der Waals surface area contributed by atoms with Crippen molar-refractivity contribution in [2.75, 3.05) is 5.75 Å². The molecule has 0 aliphatic heterocycles. The number of carbonyl (C=O) groups is 1. The van der Waals surface area contributed by atoms with E-state index in [1.165, 1.54) is 23.5 Å². The molecule has 1 amide bonds. The number of hydrazone groups is 1. The molecule has 0 atom stereocenters. The van der Waals surface area contributed by atoms with Crippen LogP contribution in [0.4, 0.5) is 0 Å². The molecule has 2 aromatic carbocycles. The van der Waals surface area contributed by atoms with Gasteiger partial charge >= 0.3 is 0 Å². The van der Waals surface area contributed by atoms with Gasteiger partial charge < -0.3 is 0 Å². The van der Waals surface area contributed by atoms with Crippen molar-refractivity contribution < 1.29 is 4.79 Å². The maximum atomic E-state index is 11.7. The first kappa shape index (κ1) is 16.9. The molecule has 0 fully saturated rings. The van der Waals surface area contributed by atoms with Gasteiger partial charge in [0.25, 0.3) is 0 Å². The number of thioether (sulfide) groups is 1. The van der Waals surface area contributed by atoms with Gasteiger partial charge in [0.15, 0.2) is 0 Å². The highest BCUT2D eigenvalue weighted by atomic mass is 35.5. The monoisotopic (exact) mass is 352 g/mol. The zero-order valence-corrected chi connectivity index (χ0v) is 14.0. The van der Waals surface area contributed by atoms with Crippen LogP contribution < -0.4 is 5.43 Å². The molecule has 6 heteroatoms. The Morgan fingerprint density at radius 1 is 1.09 bits per heavy atom. The summed E-state index contributed by atoms with van der Waals surface area (Å²) >= 11 is 13.5. The van der Waals surface area contributed by atoms with E-state index in [2.05, 4.69) is 10.5 Å². The average molecular weight is 353 g/mol. The molecule has 0 aromatic heterocycles.